The van der Waals surface area contributed by atoms with E-state index in [2.05, 4.69) is 20.9 Å². The highest BCUT2D eigenvalue weighted by Gasteiger charge is 2.32. The minimum Gasteiger partial charge on any atom is -0.474 e. The van der Waals surface area contributed by atoms with E-state index in [1.54, 1.807) is 4.90 Å². The fraction of sp³-hybridized carbons (Fsp3) is 0.625. The van der Waals surface area contributed by atoms with Gasteiger partial charge < -0.3 is 14.4 Å². The third-order valence-electron chi connectivity index (χ3n) is 3.43. The summed E-state index contributed by atoms with van der Waals surface area (Å²) in [5, 5.41) is 0. The van der Waals surface area contributed by atoms with Crippen LogP contribution in [0.25, 0.3) is 0 Å². The zero-order chi connectivity index (χ0) is 16.3. The van der Waals surface area contributed by atoms with Gasteiger partial charge in [-0.2, -0.15) is 0 Å². The number of aromatic nitrogens is 1. The van der Waals surface area contributed by atoms with E-state index in [0.717, 1.165) is 17.4 Å². The highest BCUT2D eigenvalue weighted by molar-refractivity contribution is 9.10. The summed E-state index contributed by atoms with van der Waals surface area (Å²) in [7, 11) is 0. The van der Waals surface area contributed by atoms with Crippen molar-refractivity contribution in [1.29, 1.82) is 0 Å². The number of pyridine rings is 1. The number of likely N-dealkylation sites (tertiary alicyclic amines) is 1. The summed E-state index contributed by atoms with van der Waals surface area (Å²) < 4.78 is 12.1. The fourth-order valence-electron chi connectivity index (χ4n) is 2.45. The van der Waals surface area contributed by atoms with Gasteiger partial charge in [0.15, 0.2) is 0 Å². The lowest BCUT2D eigenvalue weighted by Gasteiger charge is -2.38. The topological polar surface area (TPSA) is 51.7 Å². The van der Waals surface area contributed by atoms with Gasteiger partial charge in [-0.15, -0.1) is 0 Å². The molecule has 1 amide bonds. The molecule has 2 atom stereocenters. The molecule has 0 aliphatic carbocycles. The molecule has 2 unspecified atom stereocenters. The second kappa shape index (κ2) is 6.86. The molecule has 1 aromatic rings. The lowest BCUT2D eigenvalue weighted by molar-refractivity contribution is -0.00152. The number of amides is 1. The summed E-state index contributed by atoms with van der Waals surface area (Å²) in [6.45, 7) is 8.29. The summed E-state index contributed by atoms with van der Waals surface area (Å²) >= 11 is 3.33. The van der Waals surface area contributed by atoms with Gasteiger partial charge in [-0.05, 0) is 49.7 Å². The Hall–Kier alpha value is -1.30. The molecule has 0 spiro atoms. The second-order valence-corrected chi connectivity index (χ2v) is 7.40. The van der Waals surface area contributed by atoms with Gasteiger partial charge in [-0.1, -0.05) is 6.07 Å². The molecule has 1 saturated heterocycles. The smallest absolute Gasteiger partial charge is 0.410 e. The van der Waals surface area contributed by atoms with Crippen molar-refractivity contribution in [3.8, 4) is 5.88 Å². The number of carbonyl (C=O) groups is 1. The molecule has 0 bridgehead atoms. The van der Waals surface area contributed by atoms with Crippen LogP contribution in [0.15, 0.2) is 22.8 Å². The van der Waals surface area contributed by atoms with Gasteiger partial charge in [0.25, 0.3) is 0 Å². The first-order chi connectivity index (χ1) is 10.2. The van der Waals surface area contributed by atoms with E-state index < -0.39 is 5.60 Å². The van der Waals surface area contributed by atoms with Crippen LogP contribution < -0.4 is 4.74 Å². The van der Waals surface area contributed by atoms with Gasteiger partial charge >= 0.3 is 6.09 Å². The number of carbonyl (C=O) groups excluding carboxylic acids is 1. The number of nitrogens with zero attached hydrogens (tertiary/aromatic N) is 2. The van der Waals surface area contributed by atoms with Crippen molar-refractivity contribution < 1.29 is 14.3 Å². The van der Waals surface area contributed by atoms with Gasteiger partial charge in [-0.25, -0.2) is 9.78 Å². The number of piperidine rings is 1. The first-order valence-electron chi connectivity index (χ1n) is 7.53. The summed E-state index contributed by atoms with van der Waals surface area (Å²) in [5.74, 6) is 0.609. The minimum absolute atomic E-state index is 0.0653. The quantitative estimate of drug-likeness (QED) is 0.737. The summed E-state index contributed by atoms with van der Waals surface area (Å²) in [6.07, 6.45) is 1.36. The molecule has 0 N–H and O–H groups in total. The Balaban J connectivity index is 1.91. The summed E-state index contributed by atoms with van der Waals surface area (Å²) in [4.78, 5) is 18.2. The maximum atomic E-state index is 12.2. The van der Waals surface area contributed by atoms with Crippen LogP contribution in [0.4, 0.5) is 4.79 Å². The minimum atomic E-state index is -0.468. The van der Waals surface area contributed by atoms with Crippen molar-refractivity contribution >= 4 is 22.0 Å². The van der Waals surface area contributed by atoms with Crippen molar-refractivity contribution in [3.05, 3.63) is 22.8 Å². The molecule has 22 heavy (non-hydrogen) atoms. The van der Waals surface area contributed by atoms with Crippen LogP contribution in [-0.4, -0.2) is 40.3 Å². The van der Waals surface area contributed by atoms with Crippen LogP contribution in [-0.2, 0) is 4.74 Å². The predicted octanol–water partition coefficient (Wildman–Crippen LogP) is 4.01. The van der Waals surface area contributed by atoms with Crippen LogP contribution in [0.5, 0.6) is 5.88 Å². The molecule has 0 aromatic carbocycles. The van der Waals surface area contributed by atoms with E-state index in [9.17, 15) is 4.79 Å². The number of hydrogen-bond acceptors (Lipinski definition) is 4. The fourth-order valence-corrected chi connectivity index (χ4v) is 2.78. The molecular weight excluding hydrogens is 348 g/mol. The molecule has 1 aromatic heterocycles. The Bertz CT molecular complexity index is 530. The van der Waals surface area contributed by atoms with Gasteiger partial charge in [-0.3, -0.25) is 0 Å². The second-order valence-electron chi connectivity index (χ2n) is 6.59. The van der Waals surface area contributed by atoms with Crippen molar-refractivity contribution in [2.75, 3.05) is 6.54 Å². The van der Waals surface area contributed by atoms with Crippen molar-refractivity contribution in [2.45, 2.75) is 58.3 Å². The van der Waals surface area contributed by atoms with Gasteiger partial charge in [0.05, 0.1) is 0 Å². The number of rotatable bonds is 2. The zero-order valence-electron chi connectivity index (χ0n) is 13.5. The number of hydrogen-bond donors (Lipinski definition) is 0. The van der Waals surface area contributed by atoms with E-state index in [4.69, 9.17) is 9.47 Å². The van der Waals surface area contributed by atoms with E-state index in [-0.39, 0.29) is 18.2 Å². The van der Waals surface area contributed by atoms with Gasteiger partial charge in [0.1, 0.15) is 16.3 Å². The molecule has 1 aliphatic heterocycles. The van der Waals surface area contributed by atoms with E-state index in [1.807, 2.05) is 45.9 Å². The molecule has 6 heteroatoms. The normalized spacial score (nSPS) is 22.3. The average Bonchev–Trinajstić information content (AvgIpc) is 2.36. The molecule has 2 heterocycles. The lowest BCUT2D eigenvalue weighted by atomic mass is 10.0. The molecule has 0 saturated carbocycles. The van der Waals surface area contributed by atoms with E-state index in [1.165, 1.54) is 0 Å². The number of halogens is 1. The largest absolute Gasteiger partial charge is 0.474 e. The molecule has 1 aliphatic rings. The maximum Gasteiger partial charge on any atom is 0.410 e. The Morgan fingerprint density at radius 2 is 2.14 bits per heavy atom. The van der Waals surface area contributed by atoms with Crippen LogP contribution in [0.1, 0.15) is 40.5 Å². The lowest BCUT2D eigenvalue weighted by Crippen LogP contribution is -2.49. The molecule has 2 rings (SSSR count). The van der Waals surface area contributed by atoms with Crippen LogP contribution >= 0.6 is 15.9 Å². The van der Waals surface area contributed by atoms with Gasteiger partial charge in [0, 0.05) is 31.5 Å². The first kappa shape index (κ1) is 17.1. The predicted molar refractivity (Wildman–Crippen MR) is 88.0 cm³/mol. The standard InChI is InChI=1S/C16H23BrN2O3/c1-11-10-12(21-14-7-5-6-13(17)18-14)8-9-19(11)15(20)22-16(2,3)4/h5-7,11-12H,8-10H2,1-4H3. The van der Waals surface area contributed by atoms with Crippen LogP contribution in [0.3, 0.4) is 0 Å². The Labute approximate surface area is 140 Å². The molecule has 5 nitrogen and oxygen atoms in total. The van der Waals surface area contributed by atoms with Crippen molar-refractivity contribution in [1.82, 2.24) is 9.88 Å². The maximum absolute atomic E-state index is 12.2. The van der Waals surface area contributed by atoms with Crippen molar-refractivity contribution in [2.24, 2.45) is 0 Å². The Kier molecular flexibility index (Phi) is 5.32. The van der Waals surface area contributed by atoms with Crippen molar-refractivity contribution in [3.63, 3.8) is 0 Å². The SMILES string of the molecule is CC1CC(Oc2cccc(Br)n2)CCN1C(=O)OC(C)(C)C. The Morgan fingerprint density at radius 1 is 1.41 bits per heavy atom. The van der Waals surface area contributed by atoms with E-state index in [0.29, 0.717) is 12.4 Å². The first-order valence-corrected chi connectivity index (χ1v) is 8.33. The monoisotopic (exact) mass is 370 g/mol. The van der Waals surface area contributed by atoms with Crippen LogP contribution in [0, 0.1) is 0 Å². The van der Waals surface area contributed by atoms with E-state index >= 15 is 0 Å². The van der Waals surface area contributed by atoms with Gasteiger partial charge in [0.2, 0.25) is 5.88 Å². The highest BCUT2D eigenvalue weighted by Crippen LogP contribution is 2.24. The Morgan fingerprint density at radius 3 is 2.73 bits per heavy atom. The third-order valence-corrected chi connectivity index (χ3v) is 3.87. The molecule has 122 valence electrons. The molecule has 0 radical (unpaired) electrons. The van der Waals surface area contributed by atoms with Crippen LogP contribution in [0.2, 0.25) is 0 Å². The highest BCUT2D eigenvalue weighted by atomic mass is 79.9. The summed E-state index contributed by atoms with van der Waals surface area (Å²) in [5.41, 5.74) is -0.468. The summed E-state index contributed by atoms with van der Waals surface area (Å²) in [6, 6.07) is 5.68. The zero-order valence-corrected chi connectivity index (χ0v) is 15.1. The third kappa shape index (κ3) is 4.87. The molecular formula is C16H23BrN2O3. The average molecular weight is 371 g/mol. The number of ether oxygens (including phenoxy) is 2. The molecule has 1 fully saturated rings.